The van der Waals surface area contributed by atoms with Crippen LogP contribution in [0.3, 0.4) is 0 Å². The number of ether oxygens (including phenoxy) is 1. The number of halogens is 1. The summed E-state index contributed by atoms with van der Waals surface area (Å²) in [4.78, 5) is 57.5. The van der Waals surface area contributed by atoms with Crippen molar-refractivity contribution in [1.29, 1.82) is 0 Å². The Bertz CT molecular complexity index is 1450. The predicted molar refractivity (Wildman–Crippen MR) is 158 cm³/mol. The Morgan fingerprint density at radius 2 is 1.77 bits per heavy atom. The molecule has 0 aromatic heterocycles. The zero-order valence-electron chi connectivity index (χ0n) is 24.3. The van der Waals surface area contributed by atoms with Gasteiger partial charge in [0.15, 0.2) is 0 Å². The molecule has 0 spiro atoms. The van der Waals surface area contributed by atoms with Crippen LogP contribution in [0.5, 0.6) is 5.75 Å². The van der Waals surface area contributed by atoms with Crippen LogP contribution in [0.25, 0.3) is 0 Å². The van der Waals surface area contributed by atoms with Gasteiger partial charge in [-0.05, 0) is 48.9 Å². The fourth-order valence-corrected chi connectivity index (χ4v) is 6.93. The van der Waals surface area contributed by atoms with E-state index in [9.17, 15) is 23.6 Å². The van der Waals surface area contributed by atoms with Crippen molar-refractivity contribution in [3.8, 4) is 5.75 Å². The van der Waals surface area contributed by atoms with Crippen molar-refractivity contribution in [2.24, 2.45) is 11.7 Å². The second-order valence-corrected chi connectivity index (χ2v) is 11.8. The van der Waals surface area contributed by atoms with Gasteiger partial charge in [0, 0.05) is 70.5 Å². The average Bonchev–Trinajstić information content (AvgIpc) is 3.33. The van der Waals surface area contributed by atoms with E-state index in [1.165, 1.54) is 12.1 Å². The molecule has 0 aliphatic carbocycles. The van der Waals surface area contributed by atoms with Gasteiger partial charge >= 0.3 is 0 Å². The van der Waals surface area contributed by atoms with E-state index in [0.29, 0.717) is 49.0 Å². The number of nitrogens with zero attached hydrogens (tertiary/aromatic N) is 4. The van der Waals surface area contributed by atoms with Crippen molar-refractivity contribution in [2.75, 3.05) is 62.7 Å². The lowest BCUT2D eigenvalue weighted by atomic mass is 9.94. The van der Waals surface area contributed by atoms with E-state index < -0.39 is 23.7 Å². The van der Waals surface area contributed by atoms with Crippen molar-refractivity contribution in [2.45, 2.75) is 38.3 Å². The van der Waals surface area contributed by atoms with E-state index in [2.05, 4.69) is 15.1 Å². The summed E-state index contributed by atoms with van der Waals surface area (Å²) < 4.78 is 20.2. The minimum Gasteiger partial charge on any atom is -0.496 e. The number of carbonyl (C=O) groups is 4. The topological polar surface area (TPSA) is 129 Å². The third-order valence-corrected chi connectivity index (χ3v) is 9.23. The molecule has 4 aliphatic heterocycles. The van der Waals surface area contributed by atoms with E-state index in [-0.39, 0.29) is 23.8 Å². The maximum Gasteiger partial charge on any atom is 0.258 e. The Labute approximate surface area is 249 Å². The second kappa shape index (κ2) is 11.8. The first-order valence-electron chi connectivity index (χ1n) is 14.9. The van der Waals surface area contributed by atoms with Crippen LogP contribution in [0, 0.1) is 11.7 Å². The van der Waals surface area contributed by atoms with Crippen LogP contribution in [0.15, 0.2) is 30.3 Å². The zero-order valence-corrected chi connectivity index (χ0v) is 24.3. The SMILES string of the molecule is COc1cc(N2CCN(CC3CCN(c4c(F)cccc4C(N)=O)CC3)CC2)cc2c1C(=O)N(C1CCC(=O)NC1=O)C2. The Morgan fingerprint density at radius 1 is 1.02 bits per heavy atom. The Hall–Kier alpha value is -4.19. The molecule has 2 aromatic carbocycles. The number of carbonyl (C=O) groups excluding carboxylic acids is 4. The van der Waals surface area contributed by atoms with Gasteiger partial charge in [-0.2, -0.15) is 0 Å². The molecule has 4 aliphatic rings. The molecule has 4 heterocycles. The minimum absolute atomic E-state index is 0.212. The molecule has 11 nitrogen and oxygen atoms in total. The number of fused-ring (bicyclic) bond motifs is 1. The summed E-state index contributed by atoms with van der Waals surface area (Å²) in [5.74, 6) is -1.04. The molecule has 6 rings (SSSR count). The van der Waals surface area contributed by atoms with Crippen molar-refractivity contribution in [1.82, 2.24) is 15.1 Å². The number of para-hydroxylation sites is 1. The van der Waals surface area contributed by atoms with Crippen molar-refractivity contribution in [3.05, 3.63) is 52.8 Å². The normalized spacial score (nSPS) is 21.7. The number of piperidine rings is 2. The number of methoxy groups -OCH3 is 1. The molecule has 4 amide bonds. The number of nitrogens with two attached hydrogens (primary N) is 1. The van der Waals surface area contributed by atoms with Crippen molar-refractivity contribution < 1.29 is 28.3 Å². The summed E-state index contributed by atoms with van der Waals surface area (Å²) in [7, 11) is 1.55. The van der Waals surface area contributed by atoms with E-state index in [0.717, 1.165) is 56.8 Å². The van der Waals surface area contributed by atoms with Gasteiger partial charge in [-0.1, -0.05) is 6.07 Å². The van der Waals surface area contributed by atoms with Gasteiger partial charge in [-0.15, -0.1) is 0 Å². The van der Waals surface area contributed by atoms with E-state index >= 15 is 0 Å². The number of nitrogens with one attached hydrogen (secondary N) is 1. The Morgan fingerprint density at radius 3 is 2.44 bits per heavy atom. The largest absolute Gasteiger partial charge is 0.496 e. The molecule has 0 saturated carbocycles. The lowest BCUT2D eigenvalue weighted by Crippen LogP contribution is -2.52. The van der Waals surface area contributed by atoms with E-state index in [1.807, 2.05) is 17.0 Å². The molecule has 3 fully saturated rings. The number of piperazine rings is 1. The first kappa shape index (κ1) is 28.9. The number of anilines is 2. The lowest BCUT2D eigenvalue weighted by molar-refractivity contribution is -0.136. The maximum atomic E-state index is 14.6. The molecule has 12 heteroatoms. The molecule has 3 N–H and O–H groups in total. The smallest absolute Gasteiger partial charge is 0.258 e. The number of hydrogen-bond donors (Lipinski definition) is 2. The summed E-state index contributed by atoms with van der Waals surface area (Å²) in [5, 5.41) is 2.35. The third-order valence-electron chi connectivity index (χ3n) is 9.23. The summed E-state index contributed by atoms with van der Waals surface area (Å²) in [6.45, 7) is 6.04. The van der Waals surface area contributed by atoms with Gasteiger partial charge in [0.1, 0.15) is 17.6 Å². The van der Waals surface area contributed by atoms with Crippen LogP contribution in [-0.2, 0) is 16.1 Å². The standard InChI is InChI=1S/C31H37FN6O5/c1-43-25-16-21(15-20-18-38(31(42)27(20)25)24-5-6-26(39)34-30(24)41)36-13-11-35(12-14-36)17-19-7-9-37(10-8-19)28-22(29(33)40)3-2-4-23(28)32/h2-4,15-16,19,24H,5-14,17-18H2,1H3,(H2,33,40)(H,34,39,41). The number of amides is 4. The van der Waals surface area contributed by atoms with E-state index in [4.69, 9.17) is 10.5 Å². The average molecular weight is 593 g/mol. The molecule has 0 radical (unpaired) electrons. The number of hydrogen-bond acceptors (Lipinski definition) is 8. The Kier molecular flexibility index (Phi) is 7.95. The molecule has 2 aromatic rings. The van der Waals surface area contributed by atoms with E-state index in [1.54, 1.807) is 18.1 Å². The summed E-state index contributed by atoms with van der Waals surface area (Å²) in [6.07, 6.45) is 2.35. The monoisotopic (exact) mass is 592 g/mol. The zero-order chi connectivity index (χ0) is 30.2. The summed E-state index contributed by atoms with van der Waals surface area (Å²) in [5.41, 5.74) is 8.33. The number of primary amides is 1. The molecule has 3 saturated heterocycles. The Balaban J connectivity index is 1.05. The summed E-state index contributed by atoms with van der Waals surface area (Å²) >= 11 is 0. The first-order valence-corrected chi connectivity index (χ1v) is 14.9. The van der Waals surface area contributed by atoms with Gasteiger partial charge in [0.05, 0.1) is 23.9 Å². The molecule has 0 bridgehead atoms. The van der Waals surface area contributed by atoms with Gasteiger partial charge in [0.25, 0.3) is 11.8 Å². The van der Waals surface area contributed by atoms with Crippen LogP contribution >= 0.6 is 0 Å². The molecule has 43 heavy (non-hydrogen) atoms. The lowest BCUT2D eigenvalue weighted by Gasteiger charge is -2.40. The van der Waals surface area contributed by atoms with Crippen LogP contribution in [0.1, 0.15) is 52.0 Å². The van der Waals surface area contributed by atoms with Gasteiger partial charge in [-0.3, -0.25) is 29.4 Å². The minimum atomic E-state index is -0.668. The van der Waals surface area contributed by atoms with Gasteiger partial charge in [-0.25, -0.2) is 4.39 Å². The fraction of sp³-hybridized carbons (Fsp3) is 0.484. The highest BCUT2D eigenvalue weighted by molar-refractivity contribution is 6.07. The van der Waals surface area contributed by atoms with Gasteiger partial charge < -0.3 is 25.2 Å². The fourth-order valence-electron chi connectivity index (χ4n) is 6.93. The highest BCUT2D eigenvalue weighted by Gasteiger charge is 2.41. The van der Waals surface area contributed by atoms with Crippen LogP contribution < -0.4 is 25.6 Å². The molecule has 1 unspecified atom stereocenters. The quantitative estimate of drug-likeness (QED) is 0.466. The highest BCUT2D eigenvalue weighted by atomic mass is 19.1. The van der Waals surface area contributed by atoms with Gasteiger partial charge in [0.2, 0.25) is 11.8 Å². The molecular formula is C31H37FN6O5. The molecule has 1 atom stereocenters. The number of benzene rings is 2. The van der Waals surface area contributed by atoms with Crippen LogP contribution in [0.2, 0.25) is 0 Å². The first-order chi connectivity index (χ1) is 20.7. The molecule has 228 valence electrons. The second-order valence-electron chi connectivity index (χ2n) is 11.8. The predicted octanol–water partition coefficient (Wildman–Crippen LogP) is 1.73. The van der Waals surface area contributed by atoms with Crippen molar-refractivity contribution in [3.63, 3.8) is 0 Å². The van der Waals surface area contributed by atoms with Crippen molar-refractivity contribution >= 4 is 35.0 Å². The third kappa shape index (κ3) is 5.63. The number of imide groups is 1. The van der Waals surface area contributed by atoms with Crippen LogP contribution in [-0.4, -0.2) is 92.4 Å². The number of rotatable bonds is 7. The highest BCUT2D eigenvalue weighted by Crippen LogP contribution is 2.38. The maximum absolute atomic E-state index is 14.6. The molecular weight excluding hydrogens is 555 g/mol. The van der Waals surface area contributed by atoms with Crippen LogP contribution in [0.4, 0.5) is 15.8 Å². The summed E-state index contributed by atoms with van der Waals surface area (Å²) in [6, 6.07) is 7.72.